The van der Waals surface area contributed by atoms with Gasteiger partial charge in [-0.25, -0.2) is 0 Å². The molecule has 0 aromatic heterocycles. The summed E-state index contributed by atoms with van der Waals surface area (Å²) in [4.78, 5) is 0. The molecule has 0 fully saturated rings. The van der Waals surface area contributed by atoms with Crippen LogP contribution in [0.4, 0.5) is 0 Å². The minimum Gasteiger partial charge on any atom is -0.530 e. The van der Waals surface area contributed by atoms with E-state index in [1.807, 2.05) is 12.1 Å². The maximum absolute atomic E-state index is 7.20. The summed E-state index contributed by atoms with van der Waals surface area (Å²) >= 11 is 0. The van der Waals surface area contributed by atoms with Gasteiger partial charge in [-0.2, -0.15) is 0 Å². The average molecular weight is 402 g/mol. The van der Waals surface area contributed by atoms with Gasteiger partial charge in [0.15, 0.2) is 0 Å². The Morgan fingerprint density at radius 2 is 1.07 bits per heavy atom. The first-order valence-corrected chi connectivity index (χ1v) is 12.0. The summed E-state index contributed by atoms with van der Waals surface area (Å²) in [5.74, 6) is 0.907. The lowest BCUT2D eigenvalue weighted by molar-refractivity contribution is 0.584. The lowest BCUT2D eigenvalue weighted by Gasteiger charge is -2.34. The van der Waals surface area contributed by atoms with Crippen LogP contribution in [0.25, 0.3) is 10.8 Å². The summed E-state index contributed by atoms with van der Waals surface area (Å²) in [7, 11) is -2.79. The van der Waals surface area contributed by atoms with Crippen molar-refractivity contribution < 1.29 is 4.43 Å². The van der Waals surface area contributed by atoms with Crippen LogP contribution in [0, 0.1) is 6.07 Å². The third-order valence-electron chi connectivity index (χ3n) is 5.49. The van der Waals surface area contributed by atoms with Gasteiger partial charge in [0.2, 0.25) is 0 Å². The zero-order chi connectivity index (χ0) is 20.2. The minimum atomic E-state index is -2.79. The minimum absolute atomic E-state index is 0.907. The van der Waals surface area contributed by atoms with E-state index in [2.05, 4.69) is 121 Å². The predicted octanol–water partition coefficient (Wildman–Crippen LogP) is 4.69. The molecule has 0 bridgehead atoms. The third-order valence-corrected chi connectivity index (χ3v) is 9.45. The van der Waals surface area contributed by atoms with Crippen molar-refractivity contribution in [3.8, 4) is 5.75 Å². The number of fused-ring (bicyclic) bond motifs is 1. The van der Waals surface area contributed by atoms with Crippen molar-refractivity contribution >= 4 is 34.7 Å². The molecule has 30 heavy (non-hydrogen) atoms. The first-order valence-electron chi connectivity index (χ1n) is 10.1. The second-order valence-corrected chi connectivity index (χ2v) is 10.6. The van der Waals surface area contributed by atoms with Gasteiger partial charge in [-0.3, -0.25) is 0 Å². The summed E-state index contributed by atoms with van der Waals surface area (Å²) in [6.07, 6.45) is 0. The fraction of sp³-hybridized carbons (Fsp3) is 0. The van der Waals surface area contributed by atoms with Gasteiger partial charge in [-0.15, -0.1) is 0 Å². The summed E-state index contributed by atoms with van der Waals surface area (Å²) in [5, 5.41) is 5.91. The number of hydrogen-bond donors (Lipinski definition) is 0. The van der Waals surface area contributed by atoms with E-state index in [1.54, 1.807) is 0 Å². The fourth-order valence-electron chi connectivity index (χ4n) is 4.08. The molecule has 0 saturated heterocycles. The van der Waals surface area contributed by atoms with Crippen LogP contribution in [0.1, 0.15) is 0 Å². The van der Waals surface area contributed by atoms with Crippen LogP contribution in [-0.2, 0) is 0 Å². The summed E-state index contributed by atoms with van der Waals surface area (Å²) < 4.78 is 7.20. The molecule has 2 heteroatoms. The van der Waals surface area contributed by atoms with Crippen molar-refractivity contribution in [3.05, 3.63) is 133 Å². The van der Waals surface area contributed by atoms with Gasteiger partial charge < -0.3 is 4.43 Å². The molecule has 0 unspecified atom stereocenters. The largest absolute Gasteiger partial charge is 0.530 e. The van der Waals surface area contributed by atoms with Crippen LogP contribution < -0.4 is 20.0 Å². The highest BCUT2D eigenvalue weighted by molar-refractivity contribution is 7.07. The molecule has 1 nitrogen and oxygen atoms in total. The molecule has 5 aromatic carbocycles. The molecule has 0 heterocycles. The van der Waals surface area contributed by atoms with E-state index < -0.39 is 8.32 Å². The topological polar surface area (TPSA) is 9.23 Å². The standard InChI is InChI=1S/C28H21OSi/c1-4-15-24(16-5-1)30(25-17-6-2-7-18-25,26-19-8-3-9-20-26)29-28-22-12-14-23-13-10-11-21-27(23)28/h1-9,11-22H. The maximum Gasteiger partial charge on any atom is 0.346 e. The van der Waals surface area contributed by atoms with Gasteiger partial charge in [0.25, 0.3) is 0 Å². The lowest BCUT2D eigenvalue weighted by Crippen LogP contribution is -2.71. The maximum atomic E-state index is 7.20. The van der Waals surface area contributed by atoms with Crippen molar-refractivity contribution in [2.45, 2.75) is 0 Å². The normalized spacial score (nSPS) is 11.3. The smallest absolute Gasteiger partial charge is 0.346 e. The molecule has 0 amide bonds. The van der Waals surface area contributed by atoms with Crippen molar-refractivity contribution in [1.82, 2.24) is 0 Å². The van der Waals surface area contributed by atoms with E-state index >= 15 is 0 Å². The molecule has 5 rings (SSSR count). The van der Waals surface area contributed by atoms with Crippen LogP contribution in [-0.4, -0.2) is 8.32 Å². The Labute approximate surface area is 178 Å². The molecule has 0 spiro atoms. The molecule has 1 radical (unpaired) electrons. The molecule has 0 atom stereocenters. The van der Waals surface area contributed by atoms with Crippen molar-refractivity contribution in [1.29, 1.82) is 0 Å². The van der Waals surface area contributed by atoms with Crippen LogP contribution >= 0.6 is 0 Å². The highest BCUT2D eigenvalue weighted by atomic mass is 28.4. The Morgan fingerprint density at radius 1 is 0.533 bits per heavy atom. The Balaban J connectivity index is 1.82. The quantitative estimate of drug-likeness (QED) is 0.307. The van der Waals surface area contributed by atoms with Gasteiger partial charge in [-0.1, -0.05) is 115 Å². The van der Waals surface area contributed by atoms with Crippen LogP contribution in [0.5, 0.6) is 5.75 Å². The van der Waals surface area contributed by atoms with Gasteiger partial charge in [0, 0.05) is 5.39 Å². The highest BCUT2D eigenvalue weighted by Gasteiger charge is 2.44. The SMILES string of the molecule is [c]1ccc2c(O[Si](c3ccccc3)(c3ccccc3)c3ccccc3)cccc2c1. The predicted molar refractivity (Wildman–Crippen MR) is 127 cm³/mol. The number of benzene rings is 5. The molecule has 0 aliphatic rings. The van der Waals surface area contributed by atoms with E-state index in [1.165, 1.54) is 15.6 Å². The van der Waals surface area contributed by atoms with Gasteiger partial charge in [0.05, 0.1) is 0 Å². The molecule has 0 N–H and O–H groups in total. The van der Waals surface area contributed by atoms with Gasteiger partial charge >= 0.3 is 8.32 Å². The third kappa shape index (κ3) is 3.21. The van der Waals surface area contributed by atoms with Crippen LogP contribution in [0.15, 0.2) is 127 Å². The van der Waals surface area contributed by atoms with E-state index in [0.29, 0.717) is 0 Å². The van der Waals surface area contributed by atoms with Crippen molar-refractivity contribution in [3.63, 3.8) is 0 Å². The Kier molecular flexibility index (Phi) is 4.92. The van der Waals surface area contributed by atoms with E-state index in [9.17, 15) is 0 Å². The lowest BCUT2D eigenvalue weighted by atomic mass is 10.1. The zero-order valence-corrected chi connectivity index (χ0v) is 17.5. The summed E-state index contributed by atoms with van der Waals surface area (Å²) in [5.41, 5.74) is 0. The zero-order valence-electron chi connectivity index (χ0n) is 16.5. The number of rotatable bonds is 5. The van der Waals surface area contributed by atoms with Crippen LogP contribution in [0.3, 0.4) is 0 Å². The Hall–Kier alpha value is -3.62. The highest BCUT2D eigenvalue weighted by Crippen LogP contribution is 2.27. The molecule has 0 aliphatic heterocycles. The molecule has 0 saturated carbocycles. The molecule has 0 aliphatic carbocycles. The van der Waals surface area contributed by atoms with Crippen LogP contribution in [0.2, 0.25) is 0 Å². The fourth-order valence-corrected chi connectivity index (χ4v) is 7.93. The second-order valence-electron chi connectivity index (χ2n) is 7.28. The van der Waals surface area contributed by atoms with Crippen molar-refractivity contribution in [2.24, 2.45) is 0 Å². The average Bonchev–Trinajstić information content (AvgIpc) is 2.84. The first kappa shape index (κ1) is 18.4. The van der Waals surface area contributed by atoms with Crippen molar-refractivity contribution in [2.75, 3.05) is 0 Å². The van der Waals surface area contributed by atoms with E-state index in [-0.39, 0.29) is 0 Å². The monoisotopic (exact) mass is 401 g/mol. The van der Waals surface area contributed by atoms with E-state index in [0.717, 1.165) is 16.5 Å². The summed E-state index contributed by atoms with van der Waals surface area (Å²) in [6.45, 7) is 0. The molecule has 143 valence electrons. The molecular formula is C28H21OSi. The van der Waals surface area contributed by atoms with E-state index in [4.69, 9.17) is 4.43 Å². The molecule has 5 aromatic rings. The Bertz CT molecular complexity index is 1150. The first-order chi connectivity index (χ1) is 14.9. The number of hydrogen-bond acceptors (Lipinski definition) is 1. The van der Waals surface area contributed by atoms with Gasteiger partial charge in [-0.05, 0) is 39.1 Å². The Morgan fingerprint density at radius 3 is 1.60 bits per heavy atom. The van der Waals surface area contributed by atoms with Gasteiger partial charge in [0.1, 0.15) is 5.75 Å². The second kappa shape index (κ2) is 8.01. The summed E-state index contributed by atoms with van der Waals surface area (Å²) in [6, 6.07) is 47.5. The molecular weight excluding hydrogens is 380 g/mol.